The molecule has 0 amide bonds. The van der Waals surface area contributed by atoms with Gasteiger partial charge in [-0.15, -0.1) is 0 Å². The highest BCUT2D eigenvalue weighted by molar-refractivity contribution is 6.13. The van der Waals surface area contributed by atoms with Crippen LogP contribution in [0.25, 0.3) is 43.7 Å². The summed E-state index contributed by atoms with van der Waals surface area (Å²) in [6, 6.07) is 27.9. The molecular weight excluding hydrogens is 481 g/mol. The third-order valence-corrected chi connectivity index (χ3v) is 7.27. The molecule has 1 aliphatic carbocycles. The summed E-state index contributed by atoms with van der Waals surface area (Å²) in [5, 5.41) is 5.65. The molecule has 2 nitrogen and oxygen atoms in total. The van der Waals surface area contributed by atoms with Crippen molar-refractivity contribution in [3.8, 4) is 11.1 Å². The monoisotopic (exact) mass is 506 g/mol. The Labute approximate surface area is 218 Å². The third-order valence-electron chi connectivity index (χ3n) is 7.27. The van der Waals surface area contributed by atoms with Gasteiger partial charge >= 0.3 is 6.18 Å². The average molecular weight is 507 g/mol. The van der Waals surface area contributed by atoms with Gasteiger partial charge < -0.3 is 0 Å². The molecule has 188 valence electrons. The van der Waals surface area contributed by atoms with E-state index in [4.69, 9.17) is 0 Å². The Hall–Kier alpha value is -4.25. The normalized spacial score (nSPS) is 13.2. The molecule has 0 fully saturated rings. The van der Waals surface area contributed by atoms with E-state index in [1.807, 2.05) is 36.4 Å². The molecular formula is C33H25F3N2. The number of aromatic nitrogens is 2. The quantitative estimate of drug-likeness (QED) is 0.208. The number of aryl methyl sites for hydroxylation is 2. The average Bonchev–Trinajstić information content (AvgIpc) is 2.96. The molecule has 2 aromatic heterocycles. The number of nitrogens with zero attached hydrogens (tertiary/aromatic N) is 2. The minimum absolute atomic E-state index is 0.595. The van der Waals surface area contributed by atoms with Crippen molar-refractivity contribution in [3.05, 3.63) is 120 Å². The van der Waals surface area contributed by atoms with Crippen LogP contribution in [0.1, 0.15) is 29.5 Å². The van der Waals surface area contributed by atoms with Crippen molar-refractivity contribution in [1.82, 2.24) is 9.97 Å². The molecule has 5 heteroatoms. The Morgan fingerprint density at radius 1 is 0.605 bits per heavy atom. The maximum absolute atomic E-state index is 13.2. The summed E-state index contributed by atoms with van der Waals surface area (Å²) in [6.07, 6.45) is 3.84. The second-order valence-corrected chi connectivity index (χ2v) is 9.60. The lowest BCUT2D eigenvalue weighted by molar-refractivity contribution is -0.137. The van der Waals surface area contributed by atoms with E-state index in [1.165, 1.54) is 46.9 Å². The van der Waals surface area contributed by atoms with Gasteiger partial charge in [-0.3, -0.25) is 0 Å². The smallest absolute Gasteiger partial charge is 0.237 e. The number of hydrogen-bond donors (Lipinski definition) is 0. The standard InChI is InChI=1S/C25H19F3.C8H6N2/c26-25(27,28)18-7-3-6-17(15-18)20-9-4-10-21-23(20)14-13-22-19-8-2-1-5-16(19)11-12-24(21)22;1-3-7-4-2-6-10-8(7)9-5-1/h3-4,6-7,9-15H,1-2,5,8H2;1-6H. The van der Waals surface area contributed by atoms with Gasteiger partial charge in [0.25, 0.3) is 0 Å². The van der Waals surface area contributed by atoms with Gasteiger partial charge in [0.15, 0.2) is 5.65 Å². The molecule has 4 aromatic carbocycles. The SMILES string of the molecule is FC(F)(F)c1cccc(-c2cccc3c2ccc2c4c(ccc23)CCCC4)c1.c1cnc2ncccc2c1. The number of alkyl halides is 3. The van der Waals surface area contributed by atoms with Crippen molar-refractivity contribution >= 4 is 32.6 Å². The topological polar surface area (TPSA) is 25.8 Å². The first-order valence-electron chi connectivity index (χ1n) is 12.8. The summed E-state index contributed by atoms with van der Waals surface area (Å²) < 4.78 is 39.5. The second kappa shape index (κ2) is 9.90. The molecule has 6 aromatic rings. The van der Waals surface area contributed by atoms with Crippen LogP contribution in [0.5, 0.6) is 0 Å². The fourth-order valence-electron chi connectivity index (χ4n) is 5.45. The van der Waals surface area contributed by atoms with Gasteiger partial charge in [0.2, 0.25) is 0 Å². The molecule has 0 N–H and O–H groups in total. The van der Waals surface area contributed by atoms with Crippen LogP contribution in [0.4, 0.5) is 13.2 Å². The lowest BCUT2D eigenvalue weighted by Crippen LogP contribution is -2.04. The molecule has 0 atom stereocenters. The van der Waals surface area contributed by atoms with E-state index in [0.717, 1.165) is 46.3 Å². The van der Waals surface area contributed by atoms with Crippen LogP contribution in [0.2, 0.25) is 0 Å². The highest BCUT2D eigenvalue weighted by Crippen LogP contribution is 2.38. The summed E-state index contributed by atoms with van der Waals surface area (Å²) >= 11 is 0. The molecule has 0 radical (unpaired) electrons. The largest absolute Gasteiger partial charge is 0.416 e. The lowest BCUT2D eigenvalue weighted by atomic mass is 9.85. The summed E-state index contributed by atoms with van der Waals surface area (Å²) in [5.41, 5.74) is 4.50. The van der Waals surface area contributed by atoms with Crippen LogP contribution in [0, 0.1) is 0 Å². The van der Waals surface area contributed by atoms with Crippen molar-refractivity contribution in [1.29, 1.82) is 0 Å². The molecule has 0 saturated heterocycles. The summed E-state index contributed by atoms with van der Waals surface area (Å²) in [6.45, 7) is 0. The molecule has 38 heavy (non-hydrogen) atoms. The lowest BCUT2D eigenvalue weighted by Gasteiger charge is -2.19. The third kappa shape index (κ3) is 4.60. The number of hydrogen-bond acceptors (Lipinski definition) is 2. The zero-order valence-corrected chi connectivity index (χ0v) is 20.7. The van der Waals surface area contributed by atoms with Gasteiger partial charge in [0, 0.05) is 17.8 Å². The number of pyridine rings is 2. The first-order valence-corrected chi connectivity index (χ1v) is 12.8. The minimum Gasteiger partial charge on any atom is -0.237 e. The zero-order valence-electron chi connectivity index (χ0n) is 20.7. The van der Waals surface area contributed by atoms with E-state index < -0.39 is 11.7 Å². The van der Waals surface area contributed by atoms with Crippen LogP contribution in [0.3, 0.4) is 0 Å². The van der Waals surface area contributed by atoms with E-state index in [9.17, 15) is 13.2 Å². The number of fused-ring (bicyclic) bond motifs is 6. The predicted octanol–water partition coefficient (Wildman–Crippen LogP) is 9.19. The van der Waals surface area contributed by atoms with Crippen LogP contribution in [-0.4, -0.2) is 9.97 Å². The minimum atomic E-state index is -4.34. The van der Waals surface area contributed by atoms with Gasteiger partial charge in [0.1, 0.15) is 0 Å². The first kappa shape index (κ1) is 24.1. The Kier molecular flexibility index (Phi) is 6.28. The molecule has 0 saturated carbocycles. The van der Waals surface area contributed by atoms with E-state index >= 15 is 0 Å². The van der Waals surface area contributed by atoms with E-state index in [1.54, 1.807) is 18.5 Å². The Morgan fingerprint density at radius 2 is 1.29 bits per heavy atom. The highest BCUT2D eigenvalue weighted by atomic mass is 19.4. The van der Waals surface area contributed by atoms with Gasteiger partial charge in [-0.1, -0.05) is 54.6 Å². The number of halogens is 3. The van der Waals surface area contributed by atoms with Gasteiger partial charge in [-0.25, -0.2) is 9.97 Å². The summed E-state index contributed by atoms with van der Waals surface area (Å²) in [7, 11) is 0. The Bertz CT molecular complexity index is 1710. The molecule has 0 bridgehead atoms. The zero-order chi connectivity index (χ0) is 26.1. The fourth-order valence-corrected chi connectivity index (χ4v) is 5.45. The molecule has 7 rings (SSSR count). The Morgan fingerprint density at radius 3 is 2.05 bits per heavy atom. The van der Waals surface area contributed by atoms with Crippen LogP contribution >= 0.6 is 0 Å². The van der Waals surface area contributed by atoms with Crippen LogP contribution < -0.4 is 0 Å². The van der Waals surface area contributed by atoms with Crippen molar-refractivity contribution < 1.29 is 13.2 Å². The van der Waals surface area contributed by atoms with Crippen LogP contribution in [-0.2, 0) is 19.0 Å². The fraction of sp³-hybridized carbons (Fsp3) is 0.152. The molecule has 0 spiro atoms. The van der Waals surface area contributed by atoms with Gasteiger partial charge in [0.05, 0.1) is 5.56 Å². The molecule has 0 unspecified atom stereocenters. The summed E-state index contributed by atoms with van der Waals surface area (Å²) in [4.78, 5) is 8.14. The van der Waals surface area contributed by atoms with Crippen molar-refractivity contribution in [2.45, 2.75) is 31.9 Å². The predicted molar refractivity (Wildman–Crippen MR) is 148 cm³/mol. The first-order chi connectivity index (χ1) is 18.5. The number of benzene rings is 4. The summed E-state index contributed by atoms with van der Waals surface area (Å²) in [5.74, 6) is 0. The maximum Gasteiger partial charge on any atom is 0.416 e. The second-order valence-electron chi connectivity index (χ2n) is 9.60. The molecule has 2 heterocycles. The van der Waals surface area contributed by atoms with Crippen molar-refractivity contribution in [2.24, 2.45) is 0 Å². The van der Waals surface area contributed by atoms with Gasteiger partial charge in [-0.2, -0.15) is 13.2 Å². The van der Waals surface area contributed by atoms with E-state index in [2.05, 4.69) is 40.3 Å². The van der Waals surface area contributed by atoms with E-state index in [-0.39, 0.29) is 0 Å². The molecule has 0 aliphatic heterocycles. The Balaban J connectivity index is 0.000000221. The van der Waals surface area contributed by atoms with Crippen LogP contribution in [0.15, 0.2) is 103 Å². The number of rotatable bonds is 1. The highest BCUT2D eigenvalue weighted by Gasteiger charge is 2.30. The van der Waals surface area contributed by atoms with Crippen molar-refractivity contribution in [3.63, 3.8) is 0 Å². The molecule has 1 aliphatic rings. The van der Waals surface area contributed by atoms with Crippen molar-refractivity contribution in [2.75, 3.05) is 0 Å². The van der Waals surface area contributed by atoms with Gasteiger partial charge in [-0.05, 0) is 106 Å². The maximum atomic E-state index is 13.2. The van der Waals surface area contributed by atoms with E-state index in [0.29, 0.717) is 5.56 Å².